The van der Waals surface area contributed by atoms with Crippen LogP contribution in [0.2, 0.25) is 0 Å². The van der Waals surface area contributed by atoms with E-state index in [1.165, 1.54) is 38.5 Å². The van der Waals surface area contributed by atoms with Crippen LogP contribution in [0, 0.1) is 57.2 Å². The van der Waals surface area contributed by atoms with Crippen molar-refractivity contribution in [3.8, 4) is 12.1 Å². The molecule has 1 N–H and O–H groups in total. The molecule has 4 saturated carbocycles. The summed E-state index contributed by atoms with van der Waals surface area (Å²) in [5.41, 5.74) is -0.310. The van der Waals surface area contributed by atoms with E-state index >= 15 is 0 Å². The van der Waals surface area contributed by atoms with Gasteiger partial charge in [-0.25, -0.2) is 0 Å². The molecule has 4 fully saturated rings. The van der Waals surface area contributed by atoms with Gasteiger partial charge in [0.25, 0.3) is 0 Å². The SMILES string of the molecule is C=CC1([C@H](C)C(=O)N(C)C(C#N)CC2CC2)CCCC1.C[C@H](C(=O)N(C)C(C#N)CC1CC1)C1(CO)CCCC1. The maximum absolute atomic E-state index is 12.7. The first-order valence-electron chi connectivity index (χ1n) is 15.6. The average Bonchev–Trinajstić information content (AvgIpc) is 3.88. The van der Waals surface area contributed by atoms with E-state index in [2.05, 4.69) is 18.7 Å². The van der Waals surface area contributed by atoms with Gasteiger partial charge in [-0.2, -0.15) is 10.5 Å². The summed E-state index contributed by atoms with van der Waals surface area (Å²) in [6, 6.07) is 4.01. The van der Waals surface area contributed by atoms with E-state index in [1.807, 2.05) is 19.9 Å². The van der Waals surface area contributed by atoms with Gasteiger partial charge < -0.3 is 14.9 Å². The first kappa shape index (κ1) is 32.1. The molecular weight excluding hydrogens is 500 g/mol. The summed E-state index contributed by atoms with van der Waals surface area (Å²) in [6.07, 6.45) is 16.9. The van der Waals surface area contributed by atoms with Crippen LogP contribution in [0.1, 0.15) is 104 Å². The number of nitriles is 2. The zero-order valence-corrected chi connectivity index (χ0v) is 25.4. The molecule has 2 unspecified atom stereocenters. The summed E-state index contributed by atoms with van der Waals surface area (Å²) in [5.74, 6) is 1.15. The number of aliphatic hydroxyl groups is 1. The summed E-state index contributed by atoms with van der Waals surface area (Å²) in [4.78, 5) is 28.7. The molecule has 0 spiro atoms. The molecule has 40 heavy (non-hydrogen) atoms. The fraction of sp³-hybridized carbons (Fsp3) is 0.818. The number of aliphatic hydroxyl groups excluding tert-OH is 1. The minimum atomic E-state index is -0.311. The second-order valence-electron chi connectivity index (χ2n) is 13.4. The van der Waals surface area contributed by atoms with Crippen LogP contribution < -0.4 is 0 Å². The third-order valence-corrected chi connectivity index (χ3v) is 10.8. The van der Waals surface area contributed by atoms with Gasteiger partial charge in [0.1, 0.15) is 12.1 Å². The minimum Gasteiger partial charge on any atom is -0.396 e. The van der Waals surface area contributed by atoms with Crippen LogP contribution in [0.5, 0.6) is 0 Å². The fourth-order valence-corrected chi connectivity index (χ4v) is 7.01. The number of carbonyl (C=O) groups is 2. The fourth-order valence-electron chi connectivity index (χ4n) is 7.01. The van der Waals surface area contributed by atoms with Crippen molar-refractivity contribution in [1.82, 2.24) is 9.80 Å². The number of hydrogen-bond acceptors (Lipinski definition) is 5. The number of amides is 2. The molecule has 0 aromatic carbocycles. The summed E-state index contributed by atoms with van der Waals surface area (Å²) >= 11 is 0. The third-order valence-electron chi connectivity index (χ3n) is 10.8. The molecular formula is C33H52N4O3. The van der Waals surface area contributed by atoms with E-state index in [0.29, 0.717) is 11.8 Å². The molecule has 0 bridgehead atoms. The van der Waals surface area contributed by atoms with Crippen molar-refractivity contribution in [3.05, 3.63) is 12.7 Å². The standard InChI is InChI=1S/C17H26N2O.C16H26N2O2/c1-4-17(9-5-6-10-17)13(2)16(20)19(3)15(12-18)11-14-7-8-14;1-12(16(11-19)7-3-4-8-16)15(20)18(2)14(10-17)9-13-5-6-13/h4,13-15H,1,5-11H2,2-3H3;12-14,19H,3-9,11H2,1-2H3/t13-,15?;12-,14?/m11/s1. The predicted molar refractivity (Wildman–Crippen MR) is 156 cm³/mol. The monoisotopic (exact) mass is 552 g/mol. The molecule has 0 saturated heterocycles. The van der Waals surface area contributed by atoms with Crippen LogP contribution in [-0.2, 0) is 9.59 Å². The molecule has 4 rings (SSSR count). The highest BCUT2D eigenvalue weighted by Gasteiger charge is 2.44. The zero-order valence-electron chi connectivity index (χ0n) is 25.4. The Morgan fingerprint density at radius 2 is 1.25 bits per heavy atom. The molecule has 7 nitrogen and oxygen atoms in total. The maximum atomic E-state index is 12.7. The van der Waals surface area contributed by atoms with E-state index in [9.17, 15) is 25.2 Å². The van der Waals surface area contributed by atoms with Gasteiger partial charge in [-0.05, 0) is 55.8 Å². The van der Waals surface area contributed by atoms with Crippen LogP contribution in [0.3, 0.4) is 0 Å². The molecule has 0 aromatic heterocycles. The van der Waals surface area contributed by atoms with Crippen LogP contribution >= 0.6 is 0 Å². The van der Waals surface area contributed by atoms with Gasteiger partial charge in [-0.15, -0.1) is 6.58 Å². The first-order valence-corrected chi connectivity index (χ1v) is 15.6. The van der Waals surface area contributed by atoms with Gasteiger partial charge >= 0.3 is 0 Å². The largest absolute Gasteiger partial charge is 0.396 e. The van der Waals surface area contributed by atoms with Crippen molar-refractivity contribution < 1.29 is 14.7 Å². The third kappa shape index (κ3) is 7.47. The van der Waals surface area contributed by atoms with E-state index in [1.54, 1.807) is 23.9 Å². The number of nitrogens with zero attached hydrogens (tertiary/aromatic N) is 4. The number of carbonyl (C=O) groups excluding carboxylic acids is 2. The molecule has 2 amide bonds. The van der Waals surface area contributed by atoms with Gasteiger partial charge in [0.2, 0.25) is 11.8 Å². The smallest absolute Gasteiger partial charge is 0.227 e. The Bertz CT molecular complexity index is 961. The van der Waals surface area contributed by atoms with Crippen molar-refractivity contribution >= 4 is 11.8 Å². The van der Waals surface area contributed by atoms with E-state index in [4.69, 9.17) is 0 Å². The minimum absolute atomic E-state index is 0.0214. The molecule has 0 aliphatic heterocycles. The van der Waals surface area contributed by atoms with Gasteiger partial charge in [0.15, 0.2) is 0 Å². The van der Waals surface area contributed by atoms with E-state index < -0.39 is 0 Å². The Balaban J connectivity index is 0.000000220. The van der Waals surface area contributed by atoms with Crippen molar-refractivity contribution in [1.29, 1.82) is 10.5 Å². The Labute approximate surface area is 242 Å². The molecule has 4 atom stereocenters. The molecule has 0 heterocycles. The number of allylic oxidation sites excluding steroid dienone is 1. The van der Waals surface area contributed by atoms with Crippen LogP contribution in [0.4, 0.5) is 0 Å². The highest BCUT2D eigenvalue weighted by atomic mass is 16.3. The summed E-state index contributed by atoms with van der Waals surface area (Å²) in [6.45, 7) is 7.98. The van der Waals surface area contributed by atoms with Gasteiger partial charge in [0.05, 0.1) is 12.1 Å². The van der Waals surface area contributed by atoms with Crippen LogP contribution in [0.15, 0.2) is 12.7 Å². The average molecular weight is 553 g/mol. The van der Waals surface area contributed by atoms with Crippen LogP contribution in [0.25, 0.3) is 0 Å². The lowest BCUT2D eigenvalue weighted by atomic mass is 9.74. The Morgan fingerprint density at radius 3 is 1.60 bits per heavy atom. The number of rotatable bonds is 12. The molecule has 4 aliphatic carbocycles. The molecule has 4 aliphatic rings. The second kappa shape index (κ2) is 14.0. The highest BCUT2D eigenvalue weighted by molar-refractivity contribution is 5.80. The lowest BCUT2D eigenvalue weighted by Crippen LogP contribution is -2.45. The summed E-state index contributed by atoms with van der Waals surface area (Å²) in [5, 5.41) is 28.4. The van der Waals surface area contributed by atoms with Crippen LogP contribution in [-0.4, -0.2) is 59.5 Å². The molecule has 222 valence electrons. The first-order chi connectivity index (χ1) is 19.1. The van der Waals surface area contributed by atoms with Gasteiger partial charge in [-0.1, -0.05) is 71.3 Å². The Hall–Kier alpha value is -2.38. The topological polar surface area (TPSA) is 108 Å². The van der Waals surface area contributed by atoms with Gasteiger partial charge in [-0.3, -0.25) is 9.59 Å². The maximum Gasteiger partial charge on any atom is 0.227 e. The highest BCUT2D eigenvalue weighted by Crippen LogP contribution is 2.47. The summed E-state index contributed by atoms with van der Waals surface area (Å²) < 4.78 is 0. The molecule has 0 aromatic rings. The lowest BCUT2D eigenvalue weighted by Gasteiger charge is -2.36. The predicted octanol–water partition coefficient (Wildman–Crippen LogP) is 5.85. The van der Waals surface area contributed by atoms with E-state index in [0.717, 1.165) is 51.4 Å². The van der Waals surface area contributed by atoms with Crippen molar-refractivity contribution in [2.24, 2.45) is 34.5 Å². The Morgan fingerprint density at radius 1 is 0.850 bits per heavy atom. The molecule has 7 heteroatoms. The number of hydrogen-bond donors (Lipinski definition) is 1. The van der Waals surface area contributed by atoms with Crippen molar-refractivity contribution in [3.63, 3.8) is 0 Å². The van der Waals surface area contributed by atoms with Crippen molar-refractivity contribution in [2.75, 3.05) is 20.7 Å². The zero-order chi connectivity index (χ0) is 29.5. The normalized spacial score (nSPS) is 23.8. The Kier molecular flexibility index (Phi) is 11.2. The second-order valence-corrected chi connectivity index (χ2v) is 13.4. The lowest BCUT2D eigenvalue weighted by molar-refractivity contribution is -0.141. The van der Waals surface area contributed by atoms with Crippen molar-refractivity contribution in [2.45, 2.75) is 116 Å². The van der Waals surface area contributed by atoms with E-state index in [-0.39, 0.29) is 53.2 Å². The summed E-state index contributed by atoms with van der Waals surface area (Å²) in [7, 11) is 3.54. The quantitative estimate of drug-likeness (QED) is 0.306. The molecule has 0 radical (unpaired) electrons. The van der Waals surface area contributed by atoms with Gasteiger partial charge in [0, 0.05) is 38.0 Å².